The summed E-state index contributed by atoms with van der Waals surface area (Å²) >= 11 is 1.37. The highest BCUT2D eigenvalue weighted by Gasteiger charge is 2.21. The minimum Gasteiger partial charge on any atom is -0.491 e. The number of carbonyl (C=O) groups is 1. The highest BCUT2D eigenvalue weighted by Crippen LogP contribution is 2.24. The van der Waals surface area contributed by atoms with Gasteiger partial charge >= 0.3 is 0 Å². The molecule has 1 atom stereocenters. The molecule has 0 bridgehead atoms. The second-order valence-electron chi connectivity index (χ2n) is 5.12. The molecule has 0 saturated carbocycles. The molecule has 5 nitrogen and oxygen atoms in total. The molecule has 0 aliphatic carbocycles. The highest BCUT2D eigenvalue weighted by atomic mass is 32.1. The summed E-state index contributed by atoms with van der Waals surface area (Å²) in [6, 6.07) is 7.93. The average Bonchev–Trinajstić information content (AvgIpc) is 2.76. The van der Waals surface area contributed by atoms with E-state index in [-0.39, 0.29) is 11.9 Å². The molecule has 0 saturated heterocycles. The van der Waals surface area contributed by atoms with Crippen LogP contribution in [0.2, 0.25) is 0 Å². The number of nitrogen functional groups attached to an aromatic ring is 1. The fourth-order valence-corrected chi connectivity index (χ4v) is 3.29. The Kier molecular flexibility index (Phi) is 3.79. The van der Waals surface area contributed by atoms with Crippen LogP contribution in [0, 0.1) is 6.92 Å². The lowest BCUT2D eigenvalue weighted by molar-refractivity contribution is -0.121. The van der Waals surface area contributed by atoms with Crippen LogP contribution in [0.25, 0.3) is 0 Å². The maximum absolute atomic E-state index is 12.1. The summed E-state index contributed by atoms with van der Waals surface area (Å²) in [6.45, 7) is 2.38. The van der Waals surface area contributed by atoms with Crippen LogP contribution in [-0.2, 0) is 17.6 Å². The first-order valence-electron chi connectivity index (χ1n) is 6.83. The number of para-hydroxylation sites is 1. The molecule has 0 fully saturated rings. The lowest BCUT2D eigenvalue weighted by Crippen LogP contribution is -2.43. The van der Waals surface area contributed by atoms with Crippen LogP contribution in [0.15, 0.2) is 24.3 Å². The Bertz CT molecular complexity index is 669. The molecule has 1 aromatic heterocycles. The first kappa shape index (κ1) is 13.9. The van der Waals surface area contributed by atoms with Crippen molar-refractivity contribution in [3.8, 4) is 5.75 Å². The van der Waals surface area contributed by atoms with Crippen LogP contribution in [-0.4, -0.2) is 23.5 Å². The first-order chi connectivity index (χ1) is 10.1. The Morgan fingerprint density at radius 1 is 1.52 bits per heavy atom. The van der Waals surface area contributed by atoms with Crippen molar-refractivity contribution in [3.05, 3.63) is 40.4 Å². The van der Waals surface area contributed by atoms with Gasteiger partial charge in [-0.05, 0) is 25.0 Å². The van der Waals surface area contributed by atoms with Gasteiger partial charge in [0.1, 0.15) is 12.4 Å². The number of anilines is 1. The predicted molar refractivity (Wildman–Crippen MR) is 82.5 cm³/mol. The van der Waals surface area contributed by atoms with Gasteiger partial charge in [-0.3, -0.25) is 4.79 Å². The van der Waals surface area contributed by atoms with Crippen molar-refractivity contribution in [1.29, 1.82) is 0 Å². The van der Waals surface area contributed by atoms with Crippen LogP contribution in [0.3, 0.4) is 0 Å². The molecular formula is C15H17N3O2S. The highest BCUT2D eigenvalue weighted by molar-refractivity contribution is 7.15. The zero-order valence-corrected chi connectivity index (χ0v) is 12.6. The molecule has 0 radical (unpaired) electrons. The average molecular weight is 303 g/mol. The molecule has 1 aliphatic rings. The molecule has 0 spiro atoms. The third-order valence-electron chi connectivity index (χ3n) is 3.47. The fourth-order valence-electron chi connectivity index (χ4n) is 2.46. The van der Waals surface area contributed by atoms with E-state index in [0.717, 1.165) is 28.3 Å². The normalized spacial score (nSPS) is 16.9. The number of rotatable bonds is 3. The lowest BCUT2D eigenvalue weighted by Gasteiger charge is -2.26. The Morgan fingerprint density at radius 3 is 3.10 bits per heavy atom. The van der Waals surface area contributed by atoms with E-state index in [1.165, 1.54) is 11.3 Å². The number of nitrogens with zero attached hydrogens (tertiary/aromatic N) is 1. The predicted octanol–water partition coefficient (Wildman–Crippen LogP) is 1.70. The minimum absolute atomic E-state index is 0.0120. The molecule has 1 aliphatic heterocycles. The van der Waals surface area contributed by atoms with Gasteiger partial charge in [-0.2, -0.15) is 0 Å². The number of amides is 1. The zero-order valence-electron chi connectivity index (χ0n) is 11.8. The molecule has 110 valence electrons. The van der Waals surface area contributed by atoms with Gasteiger partial charge in [0, 0.05) is 4.88 Å². The first-order valence-corrected chi connectivity index (χ1v) is 7.65. The second-order valence-corrected chi connectivity index (χ2v) is 6.24. The number of aryl methyl sites for hydroxylation is 1. The number of fused-ring (bicyclic) bond motifs is 1. The van der Waals surface area contributed by atoms with Gasteiger partial charge in [-0.25, -0.2) is 4.98 Å². The van der Waals surface area contributed by atoms with Crippen molar-refractivity contribution in [3.63, 3.8) is 0 Å². The minimum atomic E-state index is -0.0188. The van der Waals surface area contributed by atoms with Crippen molar-refractivity contribution in [2.24, 2.45) is 0 Å². The van der Waals surface area contributed by atoms with Crippen LogP contribution in [0.4, 0.5) is 5.13 Å². The molecule has 0 unspecified atom stereocenters. The number of thiazole rings is 1. The van der Waals surface area contributed by atoms with E-state index >= 15 is 0 Å². The Labute approximate surface area is 127 Å². The van der Waals surface area contributed by atoms with Gasteiger partial charge in [0.15, 0.2) is 5.13 Å². The number of hydrogen-bond donors (Lipinski definition) is 2. The number of hydrogen-bond acceptors (Lipinski definition) is 5. The largest absolute Gasteiger partial charge is 0.491 e. The summed E-state index contributed by atoms with van der Waals surface area (Å²) in [5.74, 6) is 0.892. The summed E-state index contributed by atoms with van der Waals surface area (Å²) in [6.07, 6.45) is 1.12. The van der Waals surface area contributed by atoms with Crippen molar-refractivity contribution in [1.82, 2.24) is 10.3 Å². The maximum atomic E-state index is 12.1. The van der Waals surface area contributed by atoms with Gasteiger partial charge in [-0.1, -0.05) is 18.2 Å². The van der Waals surface area contributed by atoms with E-state index in [2.05, 4.69) is 10.3 Å². The Hall–Kier alpha value is -2.08. The fraction of sp³-hybridized carbons (Fsp3) is 0.333. The van der Waals surface area contributed by atoms with E-state index in [4.69, 9.17) is 10.5 Å². The van der Waals surface area contributed by atoms with Crippen molar-refractivity contribution >= 4 is 22.4 Å². The van der Waals surface area contributed by atoms with Gasteiger partial charge in [-0.15, -0.1) is 11.3 Å². The quantitative estimate of drug-likeness (QED) is 0.904. The number of carbonyl (C=O) groups excluding carboxylic acids is 1. The molecule has 1 amide bonds. The lowest BCUT2D eigenvalue weighted by atomic mass is 10.0. The molecule has 2 heterocycles. The number of nitrogens with one attached hydrogen (secondary N) is 1. The van der Waals surface area contributed by atoms with Crippen molar-refractivity contribution < 1.29 is 9.53 Å². The summed E-state index contributed by atoms with van der Waals surface area (Å²) in [5.41, 5.74) is 7.61. The summed E-state index contributed by atoms with van der Waals surface area (Å²) in [4.78, 5) is 17.2. The molecule has 3 N–H and O–H groups in total. The van der Waals surface area contributed by atoms with Crippen LogP contribution < -0.4 is 15.8 Å². The van der Waals surface area contributed by atoms with Gasteiger partial charge < -0.3 is 15.8 Å². The van der Waals surface area contributed by atoms with Gasteiger partial charge in [0.2, 0.25) is 5.91 Å². The standard InChI is InChI=1S/C15H17N3O2S/c1-9-13(21-15(16)17-9)7-14(19)18-11-6-10-4-2-3-5-12(10)20-8-11/h2-5,11H,6-8H2,1H3,(H2,16,17)(H,18,19)/t11-/m1/s1. The molecule has 3 rings (SSSR count). The SMILES string of the molecule is Cc1nc(N)sc1CC(=O)N[C@H]1COc2ccccc2C1. The van der Waals surface area contributed by atoms with Crippen LogP contribution in [0.5, 0.6) is 5.75 Å². The van der Waals surface area contributed by atoms with Gasteiger partial charge in [0.05, 0.1) is 18.2 Å². The third-order valence-corrected chi connectivity index (χ3v) is 4.46. The molecular weight excluding hydrogens is 286 g/mol. The Morgan fingerprint density at radius 2 is 2.33 bits per heavy atom. The van der Waals surface area contributed by atoms with Crippen LogP contribution in [0.1, 0.15) is 16.1 Å². The summed E-state index contributed by atoms with van der Waals surface area (Å²) < 4.78 is 5.67. The number of aromatic nitrogens is 1. The summed E-state index contributed by atoms with van der Waals surface area (Å²) in [5, 5.41) is 3.52. The smallest absolute Gasteiger partial charge is 0.225 e. The third kappa shape index (κ3) is 3.16. The number of benzene rings is 1. The number of nitrogens with two attached hydrogens (primary N) is 1. The maximum Gasteiger partial charge on any atom is 0.225 e. The summed E-state index contributed by atoms with van der Waals surface area (Å²) in [7, 11) is 0. The molecule has 6 heteroatoms. The van der Waals surface area contributed by atoms with E-state index in [1.54, 1.807) is 0 Å². The van der Waals surface area contributed by atoms with Crippen molar-refractivity contribution in [2.75, 3.05) is 12.3 Å². The topological polar surface area (TPSA) is 77.2 Å². The molecule has 1 aromatic carbocycles. The van der Waals surface area contributed by atoms with E-state index in [9.17, 15) is 4.79 Å². The van der Waals surface area contributed by atoms with Crippen molar-refractivity contribution in [2.45, 2.75) is 25.8 Å². The van der Waals surface area contributed by atoms with E-state index < -0.39 is 0 Å². The van der Waals surface area contributed by atoms with Gasteiger partial charge in [0.25, 0.3) is 0 Å². The Balaban J connectivity index is 1.60. The second kappa shape index (κ2) is 5.73. The monoisotopic (exact) mass is 303 g/mol. The van der Waals surface area contributed by atoms with E-state index in [1.807, 2.05) is 31.2 Å². The molecule has 21 heavy (non-hydrogen) atoms. The van der Waals surface area contributed by atoms with Crippen LogP contribution >= 0.6 is 11.3 Å². The number of ether oxygens (including phenoxy) is 1. The molecule has 2 aromatic rings. The zero-order chi connectivity index (χ0) is 14.8. The van der Waals surface area contributed by atoms with E-state index in [0.29, 0.717) is 18.2 Å².